The molecule has 24 heavy (non-hydrogen) atoms. The number of rotatable bonds is 3. The number of anilines is 1. The predicted octanol–water partition coefficient (Wildman–Crippen LogP) is 2.80. The summed E-state index contributed by atoms with van der Waals surface area (Å²) in [7, 11) is -3.83. The molecule has 9 heteroatoms. The van der Waals surface area contributed by atoms with Crippen LogP contribution in [0.1, 0.15) is 15.9 Å². The van der Waals surface area contributed by atoms with Gasteiger partial charge in [-0.2, -0.15) is 0 Å². The maximum Gasteiger partial charge on any atom is 0.338 e. The second-order valence-corrected chi connectivity index (χ2v) is 7.70. The van der Waals surface area contributed by atoms with E-state index in [4.69, 9.17) is 4.74 Å². The van der Waals surface area contributed by atoms with Crippen molar-refractivity contribution in [3.05, 3.63) is 52.3 Å². The quantitative estimate of drug-likeness (QED) is 0.513. The number of pyridine rings is 1. The number of nitrogens with zero attached hydrogens (tertiary/aromatic N) is 1. The molecule has 0 atom stereocenters. The van der Waals surface area contributed by atoms with Gasteiger partial charge >= 0.3 is 5.97 Å². The highest BCUT2D eigenvalue weighted by atomic mass is 79.9. The molecule has 0 unspecified atom stereocenters. The van der Waals surface area contributed by atoms with Crippen LogP contribution < -0.4 is 4.72 Å². The van der Waals surface area contributed by atoms with Crippen LogP contribution in [0.2, 0.25) is 0 Å². The van der Waals surface area contributed by atoms with E-state index in [1.54, 1.807) is 24.3 Å². The first-order valence-electron chi connectivity index (χ1n) is 6.90. The van der Waals surface area contributed by atoms with Crippen LogP contribution in [0.4, 0.5) is 5.69 Å². The summed E-state index contributed by atoms with van der Waals surface area (Å²) in [6.07, 6.45) is 1.38. The van der Waals surface area contributed by atoms with Gasteiger partial charge in [0.25, 0.3) is 10.0 Å². The molecule has 0 aliphatic carbocycles. The largest absolute Gasteiger partial charge is 0.457 e. The molecule has 0 radical (unpaired) electrons. The Labute approximate surface area is 145 Å². The lowest BCUT2D eigenvalue weighted by Gasteiger charge is -2.08. The van der Waals surface area contributed by atoms with Crippen LogP contribution in [0, 0.1) is 0 Å². The smallest absolute Gasteiger partial charge is 0.338 e. The number of benzene rings is 1. The number of H-pyrrole nitrogens is 1. The number of sulfonamides is 1. The van der Waals surface area contributed by atoms with E-state index in [-0.39, 0.29) is 11.5 Å². The highest BCUT2D eigenvalue weighted by Gasteiger charge is 2.24. The summed E-state index contributed by atoms with van der Waals surface area (Å²) in [4.78, 5) is 18.7. The summed E-state index contributed by atoms with van der Waals surface area (Å²) < 4.78 is 33.3. The van der Waals surface area contributed by atoms with Gasteiger partial charge in [0.15, 0.2) is 0 Å². The first-order chi connectivity index (χ1) is 11.4. The zero-order valence-electron chi connectivity index (χ0n) is 12.0. The average molecular weight is 408 g/mol. The van der Waals surface area contributed by atoms with E-state index in [2.05, 4.69) is 30.6 Å². The molecule has 0 bridgehead atoms. The van der Waals surface area contributed by atoms with Crippen LogP contribution in [0.3, 0.4) is 0 Å². The normalized spacial score (nSPS) is 13.8. The van der Waals surface area contributed by atoms with Gasteiger partial charge in [-0.3, -0.25) is 4.72 Å². The van der Waals surface area contributed by atoms with Crippen molar-refractivity contribution < 1.29 is 17.9 Å². The van der Waals surface area contributed by atoms with E-state index in [1.165, 1.54) is 12.3 Å². The first kappa shape index (κ1) is 15.2. The molecular weight excluding hydrogens is 398 g/mol. The molecule has 3 aromatic rings. The van der Waals surface area contributed by atoms with E-state index >= 15 is 0 Å². The number of esters is 1. The van der Waals surface area contributed by atoms with Crippen molar-refractivity contribution in [2.75, 3.05) is 4.72 Å². The van der Waals surface area contributed by atoms with Crippen LogP contribution in [0.25, 0.3) is 11.0 Å². The van der Waals surface area contributed by atoms with Gasteiger partial charge in [-0.05, 0) is 40.2 Å². The summed E-state index contributed by atoms with van der Waals surface area (Å²) in [5, 5.41) is 0.478. The number of cyclic esters (lactones) is 1. The minimum atomic E-state index is -3.83. The molecule has 0 saturated heterocycles. The van der Waals surface area contributed by atoms with Gasteiger partial charge in [0.05, 0.1) is 5.56 Å². The first-order valence-corrected chi connectivity index (χ1v) is 9.18. The number of nitrogens with one attached hydrogen (secondary N) is 2. The highest BCUT2D eigenvalue weighted by molar-refractivity contribution is 9.10. The van der Waals surface area contributed by atoms with Gasteiger partial charge in [-0.1, -0.05) is 6.07 Å². The van der Waals surface area contributed by atoms with Crippen molar-refractivity contribution in [1.29, 1.82) is 0 Å². The number of carbonyl (C=O) groups excluding carboxylic acids is 1. The predicted molar refractivity (Wildman–Crippen MR) is 90.2 cm³/mol. The maximum atomic E-state index is 12.7. The molecule has 122 valence electrons. The summed E-state index contributed by atoms with van der Waals surface area (Å²) in [5.74, 6) is -0.452. The van der Waals surface area contributed by atoms with Crippen molar-refractivity contribution >= 4 is 48.6 Å². The molecule has 2 aromatic heterocycles. The number of aromatic amines is 1. The third kappa shape index (κ3) is 2.45. The molecule has 1 aliphatic rings. The van der Waals surface area contributed by atoms with Gasteiger partial charge < -0.3 is 9.72 Å². The minimum absolute atomic E-state index is 0.0839. The third-order valence-electron chi connectivity index (χ3n) is 3.70. The van der Waals surface area contributed by atoms with Crippen molar-refractivity contribution in [2.24, 2.45) is 0 Å². The lowest BCUT2D eigenvalue weighted by Crippen LogP contribution is -2.13. The maximum absolute atomic E-state index is 12.7. The Morgan fingerprint density at radius 3 is 2.92 bits per heavy atom. The van der Waals surface area contributed by atoms with Crippen LogP contribution in [-0.4, -0.2) is 24.4 Å². The van der Waals surface area contributed by atoms with Crippen molar-refractivity contribution in [3.8, 4) is 0 Å². The van der Waals surface area contributed by atoms with Crippen LogP contribution in [0.5, 0.6) is 0 Å². The zero-order chi connectivity index (χ0) is 16.9. The molecule has 0 fully saturated rings. The third-order valence-corrected chi connectivity index (χ3v) is 5.56. The lowest BCUT2D eigenvalue weighted by molar-refractivity contribution is 0.0535. The molecule has 0 spiro atoms. The van der Waals surface area contributed by atoms with Gasteiger partial charge in [0.2, 0.25) is 0 Å². The zero-order valence-corrected chi connectivity index (χ0v) is 14.4. The fourth-order valence-electron chi connectivity index (χ4n) is 2.57. The number of hydrogen-bond donors (Lipinski definition) is 2. The second kappa shape index (κ2) is 5.32. The summed E-state index contributed by atoms with van der Waals surface area (Å²) in [6, 6.07) is 8.08. The van der Waals surface area contributed by atoms with Crippen molar-refractivity contribution in [2.45, 2.75) is 11.5 Å². The fraction of sp³-hybridized carbons (Fsp3) is 0.0667. The summed E-state index contributed by atoms with van der Waals surface area (Å²) in [5.41, 5.74) is 1.87. The molecule has 0 amide bonds. The molecule has 0 saturated carbocycles. The topological polar surface area (TPSA) is 101 Å². The Kier molecular flexibility index (Phi) is 3.36. The second-order valence-electron chi connectivity index (χ2n) is 5.24. The average Bonchev–Trinajstić information content (AvgIpc) is 3.11. The van der Waals surface area contributed by atoms with Crippen LogP contribution >= 0.6 is 15.9 Å². The van der Waals surface area contributed by atoms with E-state index in [9.17, 15) is 13.2 Å². The number of fused-ring (bicyclic) bond motifs is 2. The van der Waals surface area contributed by atoms with E-state index in [1.807, 2.05) is 0 Å². The number of halogens is 1. The van der Waals surface area contributed by atoms with Gasteiger partial charge in [-0.25, -0.2) is 18.2 Å². The van der Waals surface area contributed by atoms with Crippen LogP contribution in [0.15, 0.2) is 46.0 Å². The Hall–Kier alpha value is -2.39. The van der Waals surface area contributed by atoms with Crippen molar-refractivity contribution in [1.82, 2.24) is 9.97 Å². The molecule has 3 heterocycles. The van der Waals surface area contributed by atoms with Crippen molar-refractivity contribution in [3.63, 3.8) is 0 Å². The van der Waals surface area contributed by atoms with E-state index in [0.29, 0.717) is 26.9 Å². The molecular formula is C15H10BrN3O4S. The number of hydrogen-bond acceptors (Lipinski definition) is 5. The number of carbonyl (C=O) groups is 1. The van der Waals surface area contributed by atoms with E-state index < -0.39 is 16.0 Å². The summed E-state index contributed by atoms with van der Waals surface area (Å²) in [6.45, 7) is 0.212. The Morgan fingerprint density at radius 1 is 1.25 bits per heavy atom. The molecule has 7 nitrogen and oxygen atoms in total. The van der Waals surface area contributed by atoms with E-state index in [0.717, 1.165) is 5.56 Å². The molecule has 1 aliphatic heterocycles. The van der Waals surface area contributed by atoms with Crippen LogP contribution in [-0.2, 0) is 21.4 Å². The van der Waals surface area contributed by atoms with Gasteiger partial charge in [0.1, 0.15) is 21.8 Å². The molecule has 4 rings (SSSR count). The number of ether oxygens (including phenoxy) is 1. The standard InChI is InChI=1S/C15H10BrN3O4S/c16-13-4-3-10-12(6-17-14(10)18-13)24(21,22)19-9-2-1-8-7-23-15(20)11(8)5-9/h1-6,19H,7H2,(H,17,18). The summed E-state index contributed by atoms with van der Waals surface area (Å²) >= 11 is 3.24. The Balaban J connectivity index is 1.73. The lowest BCUT2D eigenvalue weighted by atomic mass is 10.1. The Bertz CT molecular complexity index is 1090. The van der Waals surface area contributed by atoms with Gasteiger partial charge in [0, 0.05) is 22.8 Å². The number of aromatic nitrogens is 2. The molecule has 1 aromatic carbocycles. The monoisotopic (exact) mass is 407 g/mol. The highest BCUT2D eigenvalue weighted by Crippen LogP contribution is 2.27. The minimum Gasteiger partial charge on any atom is -0.457 e. The SMILES string of the molecule is O=C1OCc2ccc(NS(=O)(=O)c3c[nH]c4nc(Br)ccc34)cc21. The van der Waals surface area contributed by atoms with Gasteiger partial charge in [-0.15, -0.1) is 0 Å². The fourth-order valence-corrected chi connectivity index (χ4v) is 4.09. The Morgan fingerprint density at radius 2 is 2.08 bits per heavy atom. The molecule has 2 N–H and O–H groups in total.